The van der Waals surface area contributed by atoms with Gasteiger partial charge in [0.15, 0.2) is 0 Å². The first-order valence-electron chi connectivity index (χ1n) is 6.65. The van der Waals surface area contributed by atoms with E-state index in [0.29, 0.717) is 11.0 Å². The number of hydrogen-bond donors (Lipinski definition) is 1. The first kappa shape index (κ1) is 13.9. The molecule has 0 aliphatic heterocycles. The van der Waals surface area contributed by atoms with Crippen LogP contribution in [0, 0.1) is 0 Å². The molecule has 5 heteroatoms. The lowest BCUT2D eigenvalue weighted by Crippen LogP contribution is -2.14. The minimum absolute atomic E-state index is 0.112. The number of carbonyl (C=O) groups excluding carboxylic acids is 1. The van der Waals surface area contributed by atoms with E-state index in [2.05, 4.69) is 10.1 Å². The largest absolute Gasteiger partial charge is 0.465 e. The van der Waals surface area contributed by atoms with E-state index in [0.717, 1.165) is 11.4 Å². The van der Waals surface area contributed by atoms with Gasteiger partial charge in [-0.2, -0.15) is 0 Å². The number of nitrogens with one attached hydrogen (secondary N) is 1. The van der Waals surface area contributed by atoms with Gasteiger partial charge >= 0.3 is 11.6 Å². The summed E-state index contributed by atoms with van der Waals surface area (Å²) in [5, 5.41) is 3.86. The normalized spacial score (nSPS) is 10.4. The number of esters is 1. The van der Waals surface area contributed by atoms with Gasteiger partial charge in [0.2, 0.25) is 0 Å². The molecule has 0 aliphatic rings. The molecule has 0 radical (unpaired) electrons. The molecule has 2 aromatic carbocycles. The first-order chi connectivity index (χ1) is 10.7. The molecule has 0 atom stereocenters. The minimum Gasteiger partial charge on any atom is -0.465 e. The molecule has 110 valence electrons. The van der Waals surface area contributed by atoms with Crippen molar-refractivity contribution in [2.24, 2.45) is 0 Å². The van der Waals surface area contributed by atoms with Crippen molar-refractivity contribution in [2.45, 2.75) is 0 Å². The smallest absolute Gasteiger partial charge is 0.351 e. The Morgan fingerprint density at radius 2 is 1.82 bits per heavy atom. The molecule has 1 heterocycles. The van der Waals surface area contributed by atoms with Gasteiger partial charge in [-0.15, -0.1) is 0 Å². The third-order valence-electron chi connectivity index (χ3n) is 3.20. The molecule has 1 aromatic heterocycles. The van der Waals surface area contributed by atoms with Crippen LogP contribution in [-0.2, 0) is 4.74 Å². The second-order valence-corrected chi connectivity index (χ2v) is 4.68. The molecule has 0 bridgehead atoms. The van der Waals surface area contributed by atoms with E-state index in [1.54, 1.807) is 12.1 Å². The van der Waals surface area contributed by atoms with Gasteiger partial charge in [0.05, 0.1) is 7.11 Å². The van der Waals surface area contributed by atoms with Crippen molar-refractivity contribution in [1.29, 1.82) is 0 Å². The highest BCUT2D eigenvalue weighted by atomic mass is 16.5. The highest BCUT2D eigenvalue weighted by molar-refractivity contribution is 5.93. The van der Waals surface area contributed by atoms with Crippen molar-refractivity contribution in [3.8, 4) is 0 Å². The highest BCUT2D eigenvalue weighted by Crippen LogP contribution is 2.22. The number of hydrogen-bond acceptors (Lipinski definition) is 5. The second kappa shape index (κ2) is 5.73. The van der Waals surface area contributed by atoms with E-state index in [4.69, 9.17) is 4.42 Å². The van der Waals surface area contributed by atoms with Crippen molar-refractivity contribution >= 4 is 28.3 Å². The Kier molecular flexibility index (Phi) is 3.62. The molecule has 0 spiro atoms. The topological polar surface area (TPSA) is 68.5 Å². The average Bonchev–Trinajstić information content (AvgIpc) is 2.54. The second-order valence-electron chi connectivity index (χ2n) is 4.68. The van der Waals surface area contributed by atoms with Crippen LogP contribution in [0.5, 0.6) is 0 Å². The first-order valence-corrected chi connectivity index (χ1v) is 6.65. The Labute approximate surface area is 126 Å². The predicted octanol–water partition coefficient (Wildman–Crippen LogP) is 3.32. The van der Waals surface area contributed by atoms with Gasteiger partial charge in [0.25, 0.3) is 0 Å². The van der Waals surface area contributed by atoms with E-state index in [-0.39, 0.29) is 5.56 Å². The molecule has 0 unspecified atom stereocenters. The van der Waals surface area contributed by atoms with E-state index in [1.165, 1.54) is 13.2 Å². The standard InChI is InChI=1S/C17H13NO4/c1-21-16(19)14-9-11-7-8-13(10-15(11)22-17(14)20)18-12-5-3-2-4-6-12/h2-10,18H,1H3. The molecular formula is C17H13NO4. The summed E-state index contributed by atoms with van der Waals surface area (Å²) in [6.45, 7) is 0. The van der Waals surface area contributed by atoms with Gasteiger partial charge in [0, 0.05) is 22.8 Å². The summed E-state index contributed by atoms with van der Waals surface area (Å²) >= 11 is 0. The van der Waals surface area contributed by atoms with Gasteiger partial charge in [0.1, 0.15) is 11.1 Å². The van der Waals surface area contributed by atoms with Gasteiger partial charge in [-0.3, -0.25) is 0 Å². The quantitative estimate of drug-likeness (QED) is 0.593. The molecule has 0 amide bonds. The molecule has 3 aromatic rings. The van der Waals surface area contributed by atoms with E-state index >= 15 is 0 Å². The summed E-state index contributed by atoms with van der Waals surface area (Å²) < 4.78 is 9.76. The van der Waals surface area contributed by atoms with E-state index in [1.807, 2.05) is 36.4 Å². The van der Waals surface area contributed by atoms with Gasteiger partial charge in [-0.05, 0) is 30.3 Å². The molecule has 22 heavy (non-hydrogen) atoms. The average molecular weight is 295 g/mol. The maximum atomic E-state index is 11.8. The van der Waals surface area contributed by atoms with Crippen molar-refractivity contribution in [1.82, 2.24) is 0 Å². The van der Waals surface area contributed by atoms with E-state index < -0.39 is 11.6 Å². The highest BCUT2D eigenvalue weighted by Gasteiger charge is 2.14. The van der Waals surface area contributed by atoms with Crippen LogP contribution in [-0.4, -0.2) is 13.1 Å². The Balaban J connectivity index is 2.00. The summed E-state index contributed by atoms with van der Waals surface area (Å²) in [7, 11) is 1.22. The maximum absolute atomic E-state index is 11.8. The fraction of sp³-hybridized carbons (Fsp3) is 0.0588. The van der Waals surface area contributed by atoms with Crippen LogP contribution in [0.1, 0.15) is 10.4 Å². The monoisotopic (exact) mass is 295 g/mol. The van der Waals surface area contributed by atoms with Crippen LogP contribution in [0.3, 0.4) is 0 Å². The third-order valence-corrected chi connectivity index (χ3v) is 3.20. The van der Waals surface area contributed by atoms with Crippen LogP contribution in [0.4, 0.5) is 11.4 Å². The zero-order valence-electron chi connectivity index (χ0n) is 11.8. The maximum Gasteiger partial charge on any atom is 0.351 e. The van der Waals surface area contributed by atoms with Crippen LogP contribution >= 0.6 is 0 Å². The zero-order valence-corrected chi connectivity index (χ0v) is 11.8. The number of ether oxygens (including phenoxy) is 1. The molecule has 0 saturated carbocycles. The Bertz CT molecular complexity index is 884. The predicted molar refractivity (Wildman–Crippen MR) is 83.5 cm³/mol. The number of fused-ring (bicyclic) bond motifs is 1. The Hall–Kier alpha value is -3.08. The zero-order chi connectivity index (χ0) is 15.5. The van der Waals surface area contributed by atoms with Crippen molar-refractivity contribution in [2.75, 3.05) is 12.4 Å². The molecule has 5 nitrogen and oxygen atoms in total. The molecule has 3 rings (SSSR count). The molecular weight excluding hydrogens is 282 g/mol. The van der Waals surface area contributed by atoms with Gasteiger partial charge in [-0.1, -0.05) is 18.2 Å². The Morgan fingerprint density at radius 3 is 2.55 bits per heavy atom. The van der Waals surface area contributed by atoms with Crippen LogP contribution in [0.15, 0.2) is 63.8 Å². The van der Waals surface area contributed by atoms with Crippen molar-refractivity contribution in [3.05, 3.63) is 70.6 Å². The molecule has 0 fully saturated rings. The summed E-state index contributed by atoms with van der Waals surface area (Å²) in [5.74, 6) is -0.706. The number of methoxy groups -OCH3 is 1. The lowest BCUT2D eigenvalue weighted by atomic mass is 10.1. The summed E-state index contributed by atoms with van der Waals surface area (Å²) in [6.07, 6.45) is 0. The fourth-order valence-corrected chi connectivity index (χ4v) is 2.13. The molecule has 0 aliphatic carbocycles. The van der Waals surface area contributed by atoms with E-state index in [9.17, 15) is 9.59 Å². The number of rotatable bonds is 3. The third kappa shape index (κ3) is 2.69. The van der Waals surface area contributed by atoms with Crippen LogP contribution < -0.4 is 10.9 Å². The molecule has 0 saturated heterocycles. The minimum atomic E-state index is -0.712. The lowest BCUT2D eigenvalue weighted by Gasteiger charge is -2.07. The number of benzene rings is 2. The number of carbonyl (C=O) groups is 1. The van der Waals surface area contributed by atoms with Gasteiger partial charge < -0.3 is 14.5 Å². The van der Waals surface area contributed by atoms with Gasteiger partial charge in [-0.25, -0.2) is 9.59 Å². The lowest BCUT2D eigenvalue weighted by molar-refractivity contribution is 0.0596. The van der Waals surface area contributed by atoms with Crippen LogP contribution in [0.25, 0.3) is 11.0 Å². The fourth-order valence-electron chi connectivity index (χ4n) is 2.13. The number of anilines is 2. The summed E-state index contributed by atoms with van der Waals surface area (Å²) in [6, 6.07) is 16.4. The number of para-hydroxylation sites is 1. The Morgan fingerprint density at radius 1 is 1.05 bits per heavy atom. The SMILES string of the molecule is COC(=O)c1cc2ccc(Nc3ccccc3)cc2oc1=O. The summed E-state index contributed by atoms with van der Waals surface area (Å²) in [4.78, 5) is 23.3. The molecule has 1 N–H and O–H groups in total. The summed E-state index contributed by atoms with van der Waals surface area (Å²) in [5.41, 5.74) is 1.29. The van der Waals surface area contributed by atoms with Crippen molar-refractivity contribution < 1.29 is 13.9 Å². The van der Waals surface area contributed by atoms with Crippen molar-refractivity contribution in [3.63, 3.8) is 0 Å². The van der Waals surface area contributed by atoms with Crippen LogP contribution in [0.2, 0.25) is 0 Å².